The minimum absolute atomic E-state index is 0.182. The largest absolute Gasteiger partial charge is 0.471 e. The van der Waals surface area contributed by atoms with E-state index >= 15 is 0 Å². The fourth-order valence-electron chi connectivity index (χ4n) is 2.62. The second-order valence-electron chi connectivity index (χ2n) is 4.28. The number of methoxy groups -OCH3 is 1. The maximum atomic E-state index is 11.5. The number of carbonyl (C=O) groups is 1. The van der Waals surface area contributed by atoms with E-state index in [1.54, 1.807) is 6.08 Å². The molecule has 86 valence electrons. The standard InChI is InChI=1S/C11H12O5/c1-14-9(12)7-4-15-10-8-6(7)2-3-11(8,13)5-16-10/h2-4,6,8,10,13H,5H2,1H3/t6-,8-,10-,11-/m0/s1. The van der Waals surface area contributed by atoms with Crippen LogP contribution < -0.4 is 0 Å². The van der Waals surface area contributed by atoms with Gasteiger partial charge >= 0.3 is 5.97 Å². The molecule has 1 fully saturated rings. The number of ether oxygens (including phenoxy) is 3. The Morgan fingerprint density at radius 1 is 1.69 bits per heavy atom. The molecule has 1 aliphatic carbocycles. The SMILES string of the molecule is COC(=O)C1=CO[C@H]2OC[C@@]3(O)C=C[C@@H]1[C@@H]23. The van der Waals surface area contributed by atoms with Gasteiger partial charge in [-0.3, -0.25) is 0 Å². The minimum Gasteiger partial charge on any atom is -0.471 e. The van der Waals surface area contributed by atoms with Crippen LogP contribution in [0.4, 0.5) is 0 Å². The van der Waals surface area contributed by atoms with Gasteiger partial charge in [-0.05, 0) is 0 Å². The van der Waals surface area contributed by atoms with Crippen molar-refractivity contribution in [2.75, 3.05) is 13.7 Å². The third-order valence-electron chi connectivity index (χ3n) is 3.44. The van der Waals surface area contributed by atoms with Crippen LogP contribution in [-0.4, -0.2) is 36.7 Å². The highest BCUT2D eigenvalue weighted by molar-refractivity contribution is 5.89. The predicted octanol–water partition coefficient (Wildman–Crippen LogP) is -0.0369. The van der Waals surface area contributed by atoms with E-state index in [0.717, 1.165) is 0 Å². The molecule has 4 atom stereocenters. The van der Waals surface area contributed by atoms with Crippen molar-refractivity contribution in [1.82, 2.24) is 0 Å². The average molecular weight is 224 g/mol. The van der Waals surface area contributed by atoms with E-state index in [1.807, 2.05) is 6.08 Å². The molecule has 1 saturated heterocycles. The van der Waals surface area contributed by atoms with E-state index in [2.05, 4.69) is 4.74 Å². The van der Waals surface area contributed by atoms with E-state index in [0.29, 0.717) is 5.57 Å². The number of hydrogen-bond donors (Lipinski definition) is 1. The Bertz CT molecular complexity index is 399. The zero-order valence-corrected chi connectivity index (χ0v) is 8.75. The minimum atomic E-state index is -1.01. The van der Waals surface area contributed by atoms with Gasteiger partial charge in [-0.2, -0.15) is 0 Å². The number of hydrogen-bond acceptors (Lipinski definition) is 5. The molecule has 0 radical (unpaired) electrons. The lowest BCUT2D eigenvalue weighted by Crippen LogP contribution is -2.41. The lowest BCUT2D eigenvalue weighted by molar-refractivity contribution is -0.141. The summed E-state index contributed by atoms with van der Waals surface area (Å²) >= 11 is 0. The smallest absolute Gasteiger partial charge is 0.337 e. The van der Waals surface area contributed by atoms with Crippen LogP contribution in [0.3, 0.4) is 0 Å². The zero-order valence-electron chi connectivity index (χ0n) is 8.75. The first kappa shape index (κ1) is 9.86. The van der Waals surface area contributed by atoms with Crippen molar-refractivity contribution in [2.24, 2.45) is 11.8 Å². The second kappa shape index (κ2) is 3.09. The number of carbonyl (C=O) groups excluding carboxylic acids is 1. The quantitative estimate of drug-likeness (QED) is 0.500. The van der Waals surface area contributed by atoms with Crippen molar-refractivity contribution in [2.45, 2.75) is 11.9 Å². The Morgan fingerprint density at radius 3 is 3.25 bits per heavy atom. The summed E-state index contributed by atoms with van der Waals surface area (Å²) in [6, 6.07) is 0. The van der Waals surface area contributed by atoms with Gasteiger partial charge in [0.05, 0.1) is 31.5 Å². The lowest BCUT2D eigenvalue weighted by Gasteiger charge is -2.31. The van der Waals surface area contributed by atoms with Gasteiger partial charge in [-0.25, -0.2) is 4.79 Å². The Labute approximate surface area is 92.3 Å². The van der Waals surface area contributed by atoms with Gasteiger partial charge < -0.3 is 19.3 Å². The van der Waals surface area contributed by atoms with E-state index < -0.39 is 17.9 Å². The Kier molecular flexibility index (Phi) is 1.90. The fourth-order valence-corrected chi connectivity index (χ4v) is 2.62. The predicted molar refractivity (Wildman–Crippen MR) is 52.0 cm³/mol. The van der Waals surface area contributed by atoms with Crippen molar-refractivity contribution in [3.8, 4) is 0 Å². The van der Waals surface area contributed by atoms with Crippen LogP contribution in [0.2, 0.25) is 0 Å². The van der Waals surface area contributed by atoms with Crippen LogP contribution in [0.1, 0.15) is 0 Å². The molecule has 0 amide bonds. The number of esters is 1. The van der Waals surface area contributed by atoms with Crippen molar-refractivity contribution in [3.63, 3.8) is 0 Å². The summed E-state index contributed by atoms with van der Waals surface area (Å²) in [4.78, 5) is 11.5. The van der Waals surface area contributed by atoms with Gasteiger partial charge in [0.15, 0.2) is 0 Å². The summed E-state index contributed by atoms with van der Waals surface area (Å²) in [6.07, 6.45) is 4.41. The van der Waals surface area contributed by atoms with Crippen molar-refractivity contribution >= 4 is 5.97 Å². The molecular formula is C11H12O5. The molecule has 0 aromatic heterocycles. The molecule has 0 bridgehead atoms. The fraction of sp³-hybridized carbons (Fsp3) is 0.545. The highest BCUT2D eigenvalue weighted by Crippen LogP contribution is 2.48. The molecule has 2 heterocycles. The molecule has 5 nitrogen and oxygen atoms in total. The molecule has 2 aliphatic heterocycles. The molecule has 0 aromatic carbocycles. The third-order valence-corrected chi connectivity index (χ3v) is 3.44. The summed E-state index contributed by atoms with van der Waals surface area (Å²) < 4.78 is 15.3. The first-order valence-electron chi connectivity index (χ1n) is 5.13. The topological polar surface area (TPSA) is 65.0 Å². The Morgan fingerprint density at radius 2 is 2.50 bits per heavy atom. The number of aliphatic hydroxyl groups is 1. The summed E-state index contributed by atoms with van der Waals surface area (Å²) in [7, 11) is 1.32. The van der Waals surface area contributed by atoms with Crippen molar-refractivity contribution < 1.29 is 24.1 Å². The molecule has 3 rings (SSSR count). The molecule has 3 aliphatic rings. The highest BCUT2D eigenvalue weighted by atomic mass is 16.7. The summed E-state index contributed by atoms with van der Waals surface area (Å²) in [5.74, 6) is -0.852. The maximum absolute atomic E-state index is 11.5. The van der Waals surface area contributed by atoms with Gasteiger partial charge in [-0.15, -0.1) is 0 Å². The molecule has 16 heavy (non-hydrogen) atoms. The third kappa shape index (κ3) is 1.10. The van der Waals surface area contributed by atoms with E-state index in [9.17, 15) is 9.90 Å². The van der Waals surface area contributed by atoms with Crippen LogP contribution in [0.5, 0.6) is 0 Å². The Hall–Kier alpha value is -1.33. The monoisotopic (exact) mass is 224 g/mol. The van der Waals surface area contributed by atoms with Crippen LogP contribution in [0, 0.1) is 11.8 Å². The summed E-state index contributed by atoms with van der Waals surface area (Å²) in [5.41, 5.74) is -0.579. The summed E-state index contributed by atoms with van der Waals surface area (Å²) in [6.45, 7) is 0.206. The van der Waals surface area contributed by atoms with Crippen LogP contribution in [0.15, 0.2) is 24.0 Å². The van der Waals surface area contributed by atoms with Crippen LogP contribution in [-0.2, 0) is 19.0 Å². The molecule has 0 spiro atoms. The molecular weight excluding hydrogens is 212 g/mol. The Balaban J connectivity index is 1.98. The molecule has 0 saturated carbocycles. The van der Waals surface area contributed by atoms with Crippen LogP contribution in [0.25, 0.3) is 0 Å². The van der Waals surface area contributed by atoms with Crippen LogP contribution >= 0.6 is 0 Å². The molecule has 0 aromatic rings. The van der Waals surface area contributed by atoms with E-state index in [1.165, 1.54) is 13.4 Å². The normalized spacial score (nSPS) is 43.6. The second-order valence-corrected chi connectivity index (χ2v) is 4.28. The highest BCUT2D eigenvalue weighted by Gasteiger charge is 2.58. The number of allylic oxidation sites excluding steroid dienone is 1. The summed E-state index contributed by atoms with van der Waals surface area (Å²) in [5, 5.41) is 10.2. The molecule has 0 unspecified atom stereocenters. The van der Waals surface area contributed by atoms with Gasteiger partial charge in [0.1, 0.15) is 5.60 Å². The first-order valence-corrected chi connectivity index (χ1v) is 5.13. The van der Waals surface area contributed by atoms with Gasteiger partial charge in [0.2, 0.25) is 6.29 Å². The lowest BCUT2D eigenvalue weighted by atomic mass is 9.81. The first-order chi connectivity index (χ1) is 7.65. The van der Waals surface area contributed by atoms with Crippen molar-refractivity contribution in [3.05, 3.63) is 24.0 Å². The zero-order chi connectivity index (χ0) is 11.3. The maximum Gasteiger partial charge on any atom is 0.337 e. The van der Waals surface area contributed by atoms with E-state index in [-0.39, 0.29) is 18.4 Å². The average Bonchev–Trinajstić information content (AvgIpc) is 2.81. The van der Waals surface area contributed by atoms with E-state index in [4.69, 9.17) is 9.47 Å². The molecule has 1 N–H and O–H groups in total. The van der Waals surface area contributed by atoms with Gasteiger partial charge in [0, 0.05) is 5.92 Å². The molecule has 5 heteroatoms. The van der Waals surface area contributed by atoms with Gasteiger partial charge in [-0.1, -0.05) is 12.2 Å². The number of rotatable bonds is 1. The van der Waals surface area contributed by atoms with Crippen molar-refractivity contribution in [1.29, 1.82) is 0 Å². The van der Waals surface area contributed by atoms with Gasteiger partial charge in [0.25, 0.3) is 0 Å².